The van der Waals surface area contributed by atoms with Crippen molar-refractivity contribution < 1.29 is 18.3 Å². The average Bonchev–Trinajstić information content (AvgIpc) is 3.44. The summed E-state index contributed by atoms with van der Waals surface area (Å²) < 4.78 is 35.1. The number of carbonyl (C=O) groups is 1. The minimum absolute atomic E-state index is 0.196. The first-order valence-electron chi connectivity index (χ1n) is 9.75. The molecule has 2 N–H and O–H groups in total. The van der Waals surface area contributed by atoms with Crippen molar-refractivity contribution in [2.24, 2.45) is 5.73 Å². The Balaban J connectivity index is 2.08. The van der Waals surface area contributed by atoms with Crippen LogP contribution in [0.25, 0.3) is 11.1 Å². The maximum atomic E-state index is 15.4. The van der Waals surface area contributed by atoms with E-state index in [1.807, 2.05) is 13.8 Å². The Morgan fingerprint density at radius 3 is 2.25 bits per heavy atom. The van der Waals surface area contributed by atoms with E-state index in [1.54, 1.807) is 13.8 Å². The van der Waals surface area contributed by atoms with Crippen molar-refractivity contribution in [1.82, 2.24) is 0 Å². The number of benzene rings is 2. The smallest absolute Gasteiger partial charge is 0.307 e. The lowest BCUT2D eigenvalue weighted by atomic mass is 9.88. The van der Waals surface area contributed by atoms with Gasteiger partial charge >= 0.3 is 5.97 Å². The lowest BCUT2D eigenvalue weighted by molar-refractivity contribution is -0.143. The fourth-order valence-electron chi connectivity index (χ4n) is 3.88. The second kappa shape index (κ2) is 8.00. The lowest BCUT2D eigenvalue weighted by Gasteiger charge is -2.20. The van der Waals surface area contributed by atoms with Crippen molar-refractivity contribution in [3.8, 4) is 11.1 Å². The molecule has 0 amide bonds. The van der Waals surface area contributed by atoms with E-state index in [0.717, 1.165) is 16.7 Å². The molecule has 0 bridgehead atoms. The first kappa shape index (κ1) is 20.5. The van der Waals surface area contributed by atoms with E-state index in [0.29, 0.717) is 17.0 Å². The molecule has 0 radical (unpaired) electrons. The number of hydrogen-bond acceptors (Lipinski definition) is 3. The molecule has 2 aromatic carbocycles. The van der Waals surface area contributed by atoms with Crippen LogP contribution >= 0.6 is 0 Å². The van der Waals surface area contributed by atoms with E-state index in [9.17, 15) is 9.18 Å². The number of nitrogens with two attached hydrogens (primary N) is 1. The first-order chi connectivity index (χ1) is 13.2. The van der Waals surface area contributed by atoms with Crippen LogP contribution in [0.4, 0.5) is 8.78 Å². The SMILES string of the molecule is CCOC(=O)C[C@H](N)c1c(F)c(C)cc(-c2c(C)cc(C3CC3)cc2C)c1F. The van der Waals surface area contributed by atoms with Gasteiger partial charge in [0.25, 0.3) is 0 Å². The van der Waals surface area contributed by atoms with Gasteiger partial charge in [0.15, 0.2) is 0 Å². The molecule has 0 unspecified atom stereocenters. The Kier molecular flexibility index (Phi) is 5.84. The molecule has 3 nitrogen and oxygen atoms in total. The van der Waals surface area contributed by atoms with E-state index >= 15 is 4.39 Å². The maximum Gasteiger partial charge on any atom is 0.307 e. The predicted molar refractivity (Wildman–Crippen MR) is 106 cm³/mol. The van der Waals surface area contributed by atoms with Gasteiger partial charge in [-0.05, 0) is 80.3 Å². The van der Waals surface area contributed by atoms with Crippen LogP contribution in [0.1, 0.15) is 66.0 Å². The quantitative estimate of drug-likeness (QED) is 0.677. The molecule has 1 saturated carbocycles. The Hall–Kier alpha value is -2.27. The lowest BCUT2D eigenvalue weighted by Crippen LogP contribution is -2.20. The van der Waals surface area contributed by atoms with Gasteiger partial charge in [0.2, 0.25) is 0 Å². The van der Waals surface area contributed by atoms with Crippen molar-refractivity contribution in [2.45, 2.75) is 58.9 Å². The van der Waals surface area contributed by atoms with Gasteiger partial charge in [0.1, 0.15) is 11.6 Å². The summed E-state index contributed by atoms with van der Waals surface area (Å²) in [6.07, 6.45) is 2.10. The molecule has 150 valence electrons. The molecule has 2 aromatic rings. The standard InChI is InChI=1S/C23H27F2NO2/c1-5-28-19(27)11-18(26)21-22(24)14(4)10-17(23(21)25)20-12(2)8-16(9-13(20)3)15-6-7-15/h8-10,15,18H,5-7,11,26H2,1-4H3/t18-/m0/s1. The van der Waals surface area contributed by atoms with Crippen LogP contribution in [0.2, 0.25) is 0 Å². The highest BCUT2D eigenvalue weighted by molar-refractivity contribution is 5.75. The zero-order chi connectivity index (χ0) is 20.6. The summed E-state index contributed by atoms with van der Waals surface area (Å²) in [6.45, 7) is 7.35. The first-order valence-corrected chi connectivity index (χ1v) is 9.75. The third-order valence-corrected chi connectivity index (χ3v) is 5.35. The summed E-state index contributed by atoms with van der Waals surface area (Å²) in [5.41, 5.74) is 10.3. The Morgan fingerprint density at radius 2 is 1.71 bits per heavy atom. The van der Waals surface area contributed by atoms with Gasteiger partial charge in [-0.2, -0.15) is 0 Å². The molecule has 0 saturated heterocycles. The van der Waals surface area contributed by atoms with E-state index in [4.69, 9.17) is 10.5 Å². The van der Waals surface area contributed by atoms with Crippen molar-refractivity contribution in [3.63, 3.8) is 0 Å². The van der Waals surface area contributed by atoms with Gasteiger partial charge < -0.3 is 10.5 Å². The van der Waals surface area contributed by atoms with E-state index in [-0.39, 0.29) is 18.6 Å². The number of halogens is 2. The maximum absolute atomic E-state index is 15.4. The number of ether oxygens (including phenoxy) is 1. The van der Waals surface area contributed by atoms with Crippen LogP contribution in [0.3, 0.4) is 0 Å². The zero-order valence-electron chi connectivity index (χ0n) is 16.9. The van der Waals surface area contributed by atoms with E-state index < -0.39 is 23.6 Å². The molecule has 0 aliphatic heterocycles. The van der Waals surface area contributed by atoms with E-state index in [1.165, 1.54) is 24.5 Å². The predicted octanol–water partition coefficient (Wildman–Crippen LogP) is 5.39. The molecule has 0 aromatic heterocycles. The summed E-state index contributed by atoms with van der Waals surface area (Å²) in [4.78, 5) is 11.8. The van der Waals surface area contributed by atoms with Gasteiger partial charge in [-0.15, -0.1) is 0 Å². The third-order valence-electron chi connectivity index (χ3n) is 5.35. The van der Waals surface area contributed by atoms with Crippen molar-refractivity contribution >= 4 is 5.97 Å². The normalized spacial score (nSPS) is 14.8. The molecule has 1 aliphatic carbocycles. The molecule has 0 heterocycles. The highest BCUT2D eigenvalue weighted by atomic mass is 19.1. The molecule has 1 atom stereocenters. The fourth-order valence-corrected chi connectivity index (χ4v) is 3.88. The number of aryl methyl sites for hydroxylation is 3. The molecule has 5 heteroatoms. The summed E-state index contributed by atoms with van der Waals surface area (Å²) in [5, 5.41) is 0. The number of hydrogen-bond donors (Lipinski definition) is 1. The Labute approximate surface area is 164 Å². The van der Waals surface area contributed by atoms with Crippen LogP contribution in [0, 0.1) is 32.4 Å². The van der Waals surface area contributed by atoms with Gasteiger partial charge in [0, 0.05) is 17.2 Å². The molecule has 1 fully saturated rings. The van der Waals surface area contributed by atoms with Crippen molar-refractivity contribution in [3.05, 3.63) is 57.7 Å². The van der Waals surface area contributed by atoms with Crippen LogP contribution in [0.15, 0.2) is 18.2 Å². The topological polar surface area (TPSA) is 52.3 Å². The molecule has 0 spiro atoms. The molecule has 3 rings (SSSR count). The van der Waals surface area contributed by atoms with Gasteiger partial charge in [-0.25, -0.2) is 8.78 Å². The van der Waals surface area contributed by atoms with Crippen LogP contribution < -0.4 is 5.73 Å². The van der Waals surface area contributed by atoms with Crippen LogP contribution in [0.5, 0.6) is 0 Å². The summed E-state index contributed by atoms with van der Waals surface area (Å²) in [5.74, 6) is -1.38. The monoisotopic (exact) mass is 387 g/mol. The van der Waals surface area contributed by atoms with Crippen molar-refractivity contribution in [1.29, 1.82) is 0 Å². The number of rotatable bonds is 6. The number of esters is 1. The number of carbonyl (C=O) groups excluding carboxylic acids is 1. The largest absolute Gasteiger partial charge is 0.466 e. The molecule has 28 heavy (non-hydrogen) atoms. The third kappa shape index (κ3) is 3.95. The van der Waals surface area contributed by atoms with Crippen LogP contribution in [-0.4, -0.2) is 12.6 Å². The molecular formula is C23H27F2NO2. The van der Waals surface area contributed by atoms with Gasteiger partial charge in [-0.3, -0.25) is 4.79 Å². The van der Waals surface area contributed by atoms with E-state index in [2.05, 4.69) is 12.1 Å². The minimum Gasteiger partial charge on any atom is -0.466 e. The molecule has 1 aliphatic rings. The van der Waals surface area contributed by atoms with Crippen molar-refractivity contribution in [2.75, 3.05) is 6.61 Å². The summed E-state index contributed by atoms with van der Waals surface area (Å²) in [7, 11) is 0. The molecular weight excluding hydrogens is 360 g/mol. The second-order valence-corrected chi connectivity index (χ2v) is 7.70. The summed E-state index contributed by atoms with van der Waals surface area (Å²) in [6, 6.07) is 4.61. The summed E-state index contributed by atoms with van der Waals surface area (Å²) >= 11 is 0. The van der Waals surface area contributed by atoms with Crippen LogP contribution in [-0.2, 0) is 9.53 Å². The zero-order valence-corrected chi connectivity index (χ0v) is 16.9. The highest BCUT2D eigenvalue weighted by Gasteiger charge is 2.28. The Morgan fingerprint density at radius 1 is 1.11 bits per heavy atom. The minimum atomic E-state index is -1.11. The van der Waals surface area contributed by atoms with Gasteiger partial charge in [-0.1, -0.05) is 12.1 Å². The van der Waals surface area contributed by atoms with Gasteiger partial charge in [0.05, 0.1) is 13.0 Å². The fraction of sp³-hybridized carbons (Fsp3) is 0.435. The highest BCUT2D eigenvalue weighted by Crippen LogP contribution is 2.43. The Bertz CT molecular complexity index is 896. The second-order valence-electron chi connectivity index (χ2n) is 7.70. The average molecular weight is 387 g/mol.